The molecule has 1 aliphatic heterocycles. The molecule has 0 amide bonds. The first-order valence-corrected chi connectivity index (χ1v) is 2.91. The lowest BCUT2D eigenvalue weighted by Crippen LogP contribution is -2.13. The molecule has 2 nitrogen and oxygen atoms in total. The van der Waals surface area contributed by atoms with Gasteiger partial charge in [0.1, 0.15) is 0 Å². The fourth-order valence-electron chi connectivity index (χ4n) is 0.679. The molecular formula is C7H10N2. The van der Waals surface area contributed by atoms with Gasteiger partial charge in [0.25, 0.3) is 0 Å². The molecular weight excluding hydrogens is 112 g/mol. The summed E-state index contributed by atoms with van der Waals surface area (Å²) in [6.45, 7) is 4.44. The van der Waals surface area contributed by atoms with Crippen molar-refractivity contribution in [1.82, 2.24) is 10.6 Å². The number of dihydropyridines is 1. The fourth-order valence-corrected chi connectivity index (χ4v) is 0.679. The first-order valence-electron chi connectivity index (χ1n) is 2.91. The summed E-state index contributed by atoms with van der Waals surface area (Å²) < 4.78 is 0. The molecule has 1 heterocycles. The Morgan fingerprint density at radius 3 is 3.22 bits per heavy atom. The minimum atomic E-state index is 0.896. The van der Waals surface area contributed by atoms with Crippen molar-refractivity contribution in [2.45, 2.75) is 0 Å². The van der Waals surface area contributed by atoms with Gasteiger partial charge in [0, 0.05) is 12.2 Å². The molecule has 1 aliphatic rings. The molecule has 0 spiro atoms. The van der Waals surface area contributed by atoms with Gasteiger partial charge in [-0.15, -0.1) is 0 Å². The van der Waals surface area contributed by atoms with Crippen molar-refractivity contribution in [2.75, 3.05) is 6.54 Å². The maximum Gasteiger partial charge on any atom is 0.0371 e. The van der Waals surface area contributed by atoms with Gasteiger partial charge in [-0.3, -0.25) is 0 Å². The predicted octanol–water partition coefficient (Wildman–Crippen LogP) is 0.720. The van der Waals surface area contributed by atoms with Crippen molar-refractivity contribution in [3.63, 3.8) is 0 Å². The molecule has 2 N–H and O–H groups in total. The Kier molecular flexibility index (Phi) is 1.96. The Labute approximate surface area is 55.0 Å². The van der Waals surface area contributed by atoms with Crippen molar-refractivity contribution in [2.24, 2.45) is 0 Å². The van der Waals surface area contributed by atoms with E-state index in [0.717, 1.165) is 12.2 Å². The van der Waals surface area contributed by atoms with E-state index in [4.69, 9.17) is 0 Å². The first kappa shape index (κ1) is 5.95. The highest BCUT2D eigenvalue weighted by molar-refractivity contribution is 5.21. The van der Waals surface area contributed by atoms with Crippen LogP contribution in [0.2, 0.25) is 0 Å². The molecule has 0 aromatic rings. The van der Waals surface area contributed by atoms with Crippen molar-refractivity contribution in [3.8, 4) is 0 Å². The number of rotatable bonds is 2. The van der Waals surface area contributed by atoms with Crippen LogP contribution in [0.1, 0.15) is 0 Å². The molecule has 0 unspecified atom stereocenters. The van der Waals surface area contributed by atoms with Crippen LogP contribution in [-0.2, 0) is 0 Å². The van der Waals surface area contributed by atoms with Crippen molar-refractivity contribution in [3.05, 3.63) is 36.8 Å². The molecule has 0 bridgehead atoms. The van der Waals surface area contributed by atoms with Crippen molar-refractivity contribution >= 4 is 0 Å². The van der Waals surface area contributed by atoms with Crippen LogP contribution >= 0.6 is 0 Å². The molecule has 0 saturated carbocycles. The quantitative estimate of drug-likeness (QED) is 0.564. The van der Waals surface area contributed by atoms with Crippen LogP contribution in [-0.4, -0.2) is 6.54 Å². The van der Waals surface area contributed by atoms with E-state index >= 15 is 0 Å². The van der Waals surface area contributed by atoms with Gasteiger partial charge in [-0.2, -0.15) is 0 Å². The lowest BCUT2D eigenvalue weighted by atomic mass is 10.3. The van der Waals surface area contributed by atoms with Crippen LogP contribution in [0.15, 0.2) is 36.8 Å². The molecule has 0 radical (unpaired) electrons. The summed E-state index contributed by atoms with van der Waals surface area (Å²) in [7, 11) is 0. The third kappa shape index (κ3) is 1.64. The Morgan fingerprint density at radius 1 is 1.78 bits per heavy atom. The Bertz CT molecular complexity index is 156. The zero-order valence-electron chi connectivity index (χ0n) is 5.22. The average Bonchev–Trinajstić information content (AvgIpc) is 1.91. The van der Waals surface area contributed by atoms with Gasteiger partial charge in [0.2, 0.25) is 0 Å². The predicted molar refractivity (Wildman–Crippen MR) is 38.6 cm³/mol. The summed E-state index contributed by atoms with van der Waals surface area (Å²) in [5, 5.41) is 6.02. The molecule has 0 saturated heterocycles. The normalized spacial score (nSPS) is 15.8. The van der Waals surface area contributed by atoms with Crippen LogP contribution < -0.4 is 10.6 Å². The largest absolute Gasteiger partial charge is 0.387 e. The zero-order chi connectivity index (χ0) is 6.53. The monoisotopic (exact) mass is 122 g/mol. The van der Waals surface area contributed by atoms with Crippen molar-refractivity contribution in [1.29, 1.82) is 0 Å². The number of hydrogen-bond acceptors (Lipinski definition) is 2. The molecule has 48 valence electrons. The second-order valence-electron chi connectivity index (χ2n) is 1.75. The van der Waals surface area contributed by atoms with Gasteiger partial charge in [-0.25, -0.2) is 0 Å². The van der Waals surface area contributed by atoms with E-state index in [1.54, 1.807) is 6.20 Å². The topological polar surface area (TPSA) is 24.1 Å². The minimum absolute atomic E-state index is 0.896. The Balaban J connectivity index is 2.47. The molecule has 0 aliphatic carbocycles. The van der Waals surface area contributed by atoms with Crippen LogP contribution in [0.3, 0.4) is 0 Å². The van der Waals surface area contributed by atoms with Gasteiger partial charge in [0.15, 0.2) is 0 Å². The van der Waals surface area contributed by atoms with E-state index in [0.29, 0.717) is 0 Å². The number of hydrogen-bond donors (Lipinski definition) is 2. The third-order valence-corrected chi connectivity index (χ3v) is 1.09. The van der Waals surface area contributed by atoms with Gasteiger partial charge >= 0.3 is 0 Å². The standard InChI is InChI=1S/C7H10N2/c1-2-9-7-3-5-8-6-4-7/h2-5,8-9H,1,6H2. The van der Waals surface area contributed by atoms with Crippen LogP contribution in [0.25, 0.3) is 0 Å². The van der Waals surface area contributed by atoms with Gasteiger partial charge in [-0.1, -0.05) is 6.58 Å². The van der Waals surface area contributed by atoms with E-state index < -0.39 is 0 Å². The lowest BCUT2D eigenvalue weighted by Gasteiger charge is -2.06. The summed E-state index contributed by atoms with van der Waals surface area (Å²) in [5.74, 6) is 0. The second kappa shape index (κ2) is 2.97. The number of nitrogens with one attached hydrogen (secondary N) is 2. The maximum absolute atomic E-state index is 3.55. The highest BCUT2D eigenvalue weighted by Crippen LogP contribution is 1.93. The number of allylic oxidation sites excluding steroid dienone is 1. The molecule has 0 aromatic heterocycles. The molecule has 0 atom stereocenters. The summed E-state index contributed by atoms with van der Waals surface area (Å²) in [6, 6.07) is 0. The minimum Gasteiger partial charge on any atom is -0.387 e. The molecule has 2 heteroatoms. The van der Waals surface area contributed by atoms with Gasteiger partial charge in [0.05, 0.1) is 0 Å². The molecule has 9 heavy (non-hydrogen) atoms. The zero-order valence-corrected chi connectivity index (χ0v) is 5.22. The van der Waals surface area contributed by atoms with Gasteiger partial charge < -0.3 is 10.6 Å². The van der Waals surface area contributed by atoms with E-state index in [1.165, 1.54) is 0 Å². The Hall–Kier alpha value is -1.18. The highest BCUT2D eigenvalue weighted by Gasteiger charge is 1.89. The third-order valence-electron chi connectivity index (χ3n) is 1.09. The van der Waals surface area contributed by atoms with E-state index in [1.807, 2.05) is 12.3 Å². The molecule has 0 fully saturated rings. The molecule has 1 rings (SSSR count). The second-order valence-corrected chi connectivity index (χ2v) is 1.75. The molecule has 0 aromatic carbocycles. The maximum atomic E-state index is 3.55. The van der Waals surface area contributed by atoms with E-state index in [2.05, 4.69) is 23.3 Å². The first-order chi connectivity index (χ1) is 4.43. The van der Waals surface area contributed by atoms with E-state index in [-0.39, 0.29) is 0 Å². The summed E-state index contributed by atoms with van der Waals surface area (Å²) in [6.07, 6.45) is 7.60. The average molecular weight is 122 g/mol. The van der Waals surface area contributed by atoms with E-state index in [9.17, 15) is 0 Å². The lowest BCUT2D eigenvalue weighted by molar-refractivity contribution is 0.929. The van der Waals surface area contributed by atoms with Gasteiger partial charge in [-0.05, 0) is 24.6 Å². The van der Waals surface area contributed by atoms with Crippen LogP contribution in [0.4, 0.5) is 0 Å². The Morgan fingerprint density at radius 2 is 2.67 bits per heavy atom. The SMILES string of the molecule is C=CNC1=CCNC=C1. The van der Waals surface area contributed by atoms with Crippen LogP contribution in [0, 0.1) is 0 Å². The summed E-state index contributed by atoms with van der Waals surface area (Å²) in [5.41, 5.74) is 1.10. The highest BCUT2D eigenvalue weighted by atomic mass is 14.9. The summed E-state index contributed by atoms with van der Waals surface area (Å²) >= 11 is 0. The van der Waals surface area contributed by atoms with Crippen LogP contribution in [0.5, 0.6) is 0 Å². The summed E-state index contributed by atoms with van der Waals surface area (Å²) in [4.78, 5) is 0. The smallest absolute Gasteiger partial charge is 0.0371 e. The van der Waals surface area contributed by atoms with Crippen molar-refractivity contribution < 1.29 is 0 Å². The fraction of sp³-hybridized carbons (Fsp3) is 0.143.